The summed E-state index contributed by atoms with van der Waals surface area (Å²) < 4.78 is 1.68. The number of hydrogen-bond acceptors (Lipinski definition) is 0. The zero-order valence-electron chi connectivity index (χ0n) is 11.8. The van der Waals surface area contributed by atoms with Gasteiger partial charge in [0.25, 0.3) is 0 Å². The van der Waals surface area contributed by atoms with E-state index >= 15 is 0 Å². The molecular formula is C13H25Br3PZr. The van der Waals surface area contributed by atoms with E-state index in [1.807, 2.05) is 0 Å². The molecule has 0 aromatic heterocycles. The zero-order chi connectivity index (χ0) is 11.6. The van der Waals surface area contributed by atoms with Gasteiger partial charge in [0.2, 0.25) is 0 Å². The fourth-order valence-electron chi connectivity index (χ4n) is 2.05. The summed E-state index contributed by atoms with van der Waals surface area (Å²) in [6.45, 7) is 12.0. The van der Waals surface area contributed by atoms with Crippen LogP contribution in [0.25, 0.3) is 0 Å². The molecule has 0 aromatic carbocycles. The normalized spacial score (nSPS) is 15.8. The van der Waals surface area contributed by atoms with Crippen LogP contribution in [-0.2, 0) is 24.7 Å². The predicted molar refractivity (Wildman–Crippen MR) is 98.3 cm³/mol. The second kappa shape index (κ2) is 10.9. The average Bonchev–Trinajstić information content (AvgIpc) is 2.45. The van der Waals surface area contributed by atoms with Crippen LogP contribution < -0.4 is 0 Å². The molecule has 1 aliphatic carbocycles. The van der Waals surface area contributed by atoms with Crippen molar-refractivity contribution in [2.45, 2.75) is 27.2 Å². The molecule has 1 rings (SSSR count). The molecule has 0 amide bonds. The van der Waals surface area contributed by atoms with Crippen molar-refractivity contribution in [3.8, 4) is 0 Å². The van der Waals surface area contributed by atoms with Crippen molar-refractivity contribution in [3.63, 3.8) is 0 Å². The Bertz CT molecular complexity index is 293. The molecule has 1 aliphatic rings. The summed E-state index contributed by atoms with van der Waals surface area (Å²) in [4.78, 5) is 0. The van der Waals surface area contributed by atoms with Crippen molar-refractivity contribution in [2.75, 3.05) is 19.5 Å². The second-order valence-corrected chi connectivity index (χ2v) is 9.73. The van der Waals surface area contributed by atoms with Gasteiger partial charge in [0, 0.05) is 0 Å². The summed E-state index contributed by atoms with van der Waals surface area (Å²) in [5, 5.41) is 0. The van der Waals surface area contributed by atoms with E-state index in [0.29, 0.717) is 5.41 Å². The third-order valence-corrected chi connectivity index (χ3v) is 5.24. The van der Waals surface area contributed by atoms with E-state index in [2.05, 4.69) is 46.3 Å². The topological polar surface area (TPSA) is 0 Å². The van der Waals surface area contributed by atoms with Crippen molar-refractivity contribution in [1.29, 1.82) is 0 Å². The first-order chi connectivity index (χ1) is 6.82. The quantitative estimate of drug-likeness (QED) is 0.390. The molecule has 0 fully saturated rings. The number of allylic oxidation sites excluding steroid dienone is 4. The summed E-state index contributed by atoms with van der Waals surface area (Å²) in [5.74, 6) is 0.770. The first kappa shape index (κ1) is 25.2. The van der Waals surface area contributed by atoms with E-state index in [0.717, 1.165) is 5.92 Å². The first-order valence-corrected chi connectivity index (χ1v) is 9.23. The standard InChI is InChI=1S/C13H22P.3BrH.Zr/c1-13(2,3)12(10-14(4)5)11-8-6-7-9-11;;;;/h6,8,12H,7,10H2,1-5H3;3*1H;. The van der Waals surface area contributed by atoms with Crippen LogP contribution in [0.4, 0.5) is 0 Å². The Morgan fingerprint density at radius 3 is 2.00 bits per heavy atom. The van der Waals surface area contributed by atoms with Crippen LogP contribution in [0.3, 0.4) is 0 Å². The molecule has 0 bridgehead atoms. The van der Waals surface area contributed by atoms with E-state index in [1.54, 1.807) is 33.6 Å². The van der Waals surface area contributed by atoms with Crippen LogP contribution in [0.15, 0.2) is 21.0 Å². The van der Waals surface area contributed by atoms with Crippen molar-refractivity contribution < 1.29 is 24.7 Å². The van der Waals surface area contributed by atoms with Gasteiger partial charge in [0.1, 0.15) is 0 Å². The molecule has 0 aliphatic heterocycles. The molecule has 0 N–H and O–H groups in total. The molecule has 0 saturated carbocycles. The van der Waals surface area contributed by atoms with Gasteiger partial charge in [-0.2, -0.15) is 0 Å². The number of hydrogen-bond donors (Lipinski definition) is 0. The molecule has 0 radical (unpaired) electrons. The van der Waals surface area contributed by atoms with Gasteiger partial charge < -0.3 is 0 Å². The molecule has 107 valence electrons. The Morgan fingerprint density at radius 1 is 1.22 bits per heavy atom. The summed E-state index contributed by atoms with van der Waals surface area (Å²) in [6.07, 6.45) is 7.33. The Morgan fingerprint density at radius 2 is 1.72 bits per heavy atom. The summed E-state index contributed by atoms with van der Waals surface area (Å²) in [5.41, 5.74) is 2.08. The van der Waals surface area contributed by atoms with Gasteiger partial charge in [-0.15, -0.1) is 50.9 Å². The second-order valence-electron chi connectivity index (χ2n) is 5.72. The number of halogens is 3. The van der Waals surface area contributed by atoms with E-state index in [4.69, 9.17) is 0 Å². The van der Waals surface area contributed by atoms with Crippen molar-refractivity contribution in [1.82, 2.24) is 0 Å². The molecule has 0 aromatic rings. The maximum atomic E-state index is 2.40. The zero-order valence-corrected chi connectivity index (χ0v) is 20.3. The Labute approximate surface area is 161 Å². The van der Waals surface area contributed by atoms with E-state index in [-0.39, 0.29) is 58.9 Å². The summed E-state index contributed by atoms with van der Waals surface area (Å²) in [7, 11) is 0.203. The Balaban J connectivity index is -0.000000750. The minimum absolute atomic E-state index is 0. The SMILES string of the molecule is Br.Br.Br.CP(C)CC(C1=[C]([Zr])CC=C1)C(C)(C)C. The summed E-state index contributed by atoms with van der Waals surface area (Å²) in [6, 6.07) is 0. The monoisotopic (exact) mass is 539 g/mol. The molecule has 18 heavy (non-hydrogen) atoms. The van der Waals surface area contributed by atoms with Gasteiger partial charge in [-0.05, 0) is 0 Å². The molecular weight excluding hydrogens is 518 g/mol. The van der Waals surface area contributed by atoms with Crippen LogP contribution in [0.2, 0.25) is 0 Å². The van der Waals surface area contributed by atoms with Gasteiger partial charge in [0.05, 0.1) is 0 Å². The van der Waals surface area contributed by atoms with E-state index < -0.39 is 0 Å². The van der Waals surface area contributed by atoms with Gasteiger partial charge >= 0.3 is 112 Å². The molecule has 0 nitrogen and oxygen atoms in total. The van der Waals surface area contributed by atoms with E-state index in [1.165, 1.54) is 12.6 Å². The van der Waals surface area contributed by atoms with Crippen LogP contribution in [-0.4, -0.2) is 19.5 Å². The Hall–Kier alpha value is 2.23. The third-order valence-electron chi connectivity index (χ3n) is 2.94. The van der Waals surface area contributed by atoms with Crippen LogP contribution in [0, 0.1) is 11.3 Å². The van der Waals surface area contributed by atoms with Crippen molar-refractivity contribution in [2.24, 2.45) is 11.3 Å². The van der Waals surface area contributed by atoms with Gasteiger partial charge in [-0.3, -0.25) is 0 Å². The van der Waals surface area contributed by atoms with Gasteiger partial charge in [-0.1, -0.05) is 0 Å². The van der Waals surface area contributed by atoms with Gasteiger partial charge in [0.15, 0.2) is 0 Å². The fourth-order valence-corrected chi connectivity index (χ4v) is 4.45. The van der Waals surface area contributed by atoms with Gasteiger partial charge in [-0.25, -0.2) is 0 Å². The van der Waals surface area contributed by atoms with Crippen LogP contribution in [0.1, 0.15) is 27.2 Å². The molecule has 0 spiro atoms. The third kappa shape index (κ3) is 7.87. The van der Waals surface area contributed by atoms with Crippen LogP contribution in [0.5, 0.6) is 0 Å². The first-order valence-electron chi connectivity index (χ1n) is 5.58. The molecule has 1 atom stereocenters. The van der Waals surface area contributed by atoms with Crippen molar-refractivity contribution >= 4 is 58.9 Å². The fraction of sp³-hybridized carbons (Fsp3) is 0.692. The van der Waals surface area contributed by atoms with Crippen molar-refractivity contribution in [3.05, 3.63) is 21.0 Å². The van der Waals surface area contributed by atoms with Crippen LogP contribution >= 0.6 is 58.9 Å². The molecule has 5 heteroatoms. The maximum absolute atomic E-state index is 2.40. The average molecular weight is 543 g/mol. The predicted octanol–water partition coefficient (Wildman–Crippen LogP) is 5.88. The molecule has 0 saturated heterocycles. The molecule has 1 unspecified atom stereocenters. The minimum atomic E-state index is 0. The Kier molecular flexibility index (Phi) is 15.2. The molecule has 0 heterocycles. The summed E-state index contributed by atoms with van der Waals surface area (Å²) >= 11 is 1.61. The number of rotatable bonds is 3. The van der Waals surface area contributed by atoms with E-state index in [9.17, 15) is 0 Å².